The van der Waals surface area contributed by atoms with Crippen LogP contribution in [0.25, 0.3) is 10.8 Å². The summed E-state index contributed by atoms with van der Waals surface area (Å²) in [6.07, 6.45) is 1.74. The summed E-state index contributed by atoms with van der Waals surface area (Å²) in [7, 11) is 0. The molecule has 15 heavy (non-hydrogen) atoms. The quantitative estimate of drug-likeness (QED) is 0.856. The Hall–Kier alpha value is -1.27. The van der Waals surface area contributed by atoms with Crippen LogP contribution in [0.15, 0.2) is 10.7 Å². The van der Waals surface area contributed by atoms with Crippen molar-refractivity contribution in [1.29, 1.82) is 0 Å². The highest BCUT2D eigenvalue weighted by Crippen LogP contribution is 2.25. The van der Waals surface area contributed by atoms with E-state index in [2.05, 4.69) is 15.1 Å². The average molecular weight is 224 g/mol. The Morgan fingerprint density at radius 3 is 3.00 bits per heavy atom. The number of thiazole rings is 1. The third-order valence-corrected chi connectivity index (χ3v) is 2.97. The lowest BCUT2D eigenvalue weighted by molar-refractivity contribution is 0.418. The van der Waals surface area contributed by atoms with E-state index < -0.39 is 0 Å². The Morgan fingerprint density at radius 2 is 2.40 bits per heavy atom. The topological polar surface area (TPSA) is 77.8 Å². The molecule has 1 unspecified atom stereocenters. The zero-order chi connectivity index (χ0) is 10.8. The minimum absolute atomic E-state index is 0.122. The van der Waals surface area contributed by atoms with E-state index in [0.717, 1.165) is 9.88 Å². The highest BCUT2D eigenvalue weighted by Gasteiger charge is 2.14. The minimum atomic E-state index is 0.122. The monoisotopic (exact) mass is 224 g/mol. The lowest BCUT2D eigenvalue weighted by Crippen LogP contribution is -2.10. The fourth-order valence-corrected chi connectivity index (χ4v) is 1.80. The van der Waals surface area contributed by atoms with E-state index in [4.69, 9.17) is 10.3 Å². The molecular weight excluding hydrogens is 212 g/mol. The molecule has 2 N–H and O–H groups in total. The number of hydrogen-bond donors (Lipinski definition) is 1. The van der Waals surface area contributed by atoms with Crippen LogP contribution in [0.3, 0.4) is 0 Å². The molecule has 2 aromatic heterocycles. The highest BCUT2D eigenvalue weighted by molar-refractivity contribution is 7.14. The fraction of sp³-hybridized carbons (Fsp3) is 0.444. The first-order valence-electron chi connectivity index (χ1n) is 4.67. The summed E-state index contributed by atoms with van der Waals surface area (Å²) in [5, 5.41) is 4.87. The molecule has 2 aromatic rings. The lowest BCUT2D eigenvalue weighted by Gasteiger charge is -1.98. The van der Waals surface area contributed by atoms with Crippen molar-refractivity contribution in [2.45, 2.75) is 19.8 Å². The zero-order valence-corrected chi connectivity index (χ0v) is 9.41. The van der Waals surface area contributed by atoms with Gasteiger partial charge in [-0.25, -0.2) is 4.98 Å². The van der Waals surface area contributed by atoms with Gasteiger partial charge in [-0.3, -0.25) is 0 Å². The Kier molecular flexibility index (Phi) is 2.79. The van der Waals surface area contributed by atoms with E-state index in [-0.39, 0.29) is 5.92 Å². The van der Waals surface area contributed by atoms with Crippen molar-refractivity contribution in [3.8, 4) is 10.8 Å². The normalized spacial score (nSPS) is 13.0. The average Bonchev–Trinajstić information content (AvgIpc) is 2.84. The zero-order valence-electron chi connectivity index (χ0n) is 8.60. The molecule has 5 nitrogen and oxygen atoms in total. The first kappa shape index (κ1) is 10.3. The molecule has 80 valence electrons. The summed E-state index contributed by atoms with van der Waals surface area (Å²) in [5.41, 5.74) is 5.52. The molecule has 0 fully saturated rings. The maximum atomic E-state index is 5.52. The summed E-state index contributed by atoms with van der Waals surface area (Å²) in [6, 6.07) is 0. The van der Waals surface area contributed by atoms with Crippen molar-refractivity contribution < 1.29 is 4.52 Å². The van der Waals surface area contributed by atoms with Gasteiger partial charge in [0.05, 0.1) is 11.2 Å². The molecule has 0 amide bonds. The van der Waals surface area contributed by atoms with Crippen LogP contribution in [0, 0.1) is 6.92 Å². The Morgan fingerprint density at radius 1 is 1.60 bits per heavy atom. The van der Waals surface area contributed by atoms with E-state index in [1.54, 1.807) is 6.20 Å². The largest absolute Gasteiger partial charge is 0.333 e. The Labute approximate surface area is 91.3 Å². The predicted molar refractivity (Wildman–Crippen MR) is 57.6 cm³/mol. The van der Waals surface area contributed by atoms with Crippen molar-refractivity contribution >= 4 is 11.3 Å². The molecule has 0 spiro atoms. The van der Waals surface area contributed by atoms with Crippen LogP contribution in [0.2, 0.25) is 0 Å². The van der Waals surface area contributed by atoms with Gasteiger partial charge in [0, 0.05) is 12.5 Å². The second-order valence-electron chi connectivity index (χ2n) is 3.34. The van der Waals surface area contributed by atoms with Crippen LogP contribution in [-0.2, 0) is 0 Å². The van der Waals surface area contributed by atoms with Gasteiger partial charge in [0.25, 0.3) is 5.89 Å². The van der Waals surface area contributed by atoms with Crippen molar-refractivity contribution in [2.24, 2.45) is 5.73 Å². The van der Waals surface area contributed by atoms with E-state index in [1.165, 1.54) is 11.3 Å². The summed E-state index contributed by atoms with van der Waals surface area (Å²) >= 11 is 1.53. The number of aryl methyl sites for hydroxylation is 1. The van der Waals surface area contributed by atoms with Gasteiger partial charge < -0.3 is 10.3 Å². The minimum Gasteiger partial charge on any atom is -0.333 e. The maximum Gasteiger partial charge on any atom is 0.269 e. The molecule has 0 aliphatic rings. The number of hydrogen-bond acceptors (Lipinski definition) is 6. The second kappa shape index (κ2) is 4.08. The first-order chi connectivity index (χ1) is 7.20. The maximum absolute atomic E-state index is 5.52. The van der Waals surface area contributed by atoms with Crippen LogP contribution in [0.1, 0.15) is 23.7 Å². The standard InChI is InChI=1S/C9H12N4OS/c1-5(3-10)8-12-9(14-13-8)7-4-11-6(2)15-7/h4-5H,3,10H2,1-2H3. The molecule has 0 aliphatic carbocycles. The van der Waals surface area contributed by atoms with Crippen LogP contribution in [0.5, 0.6) is 0 Å². The number of rotatable bonds is 3. The van der Waals surface area contributed by atoms with Crippen molar-refractivity contribution in [3.63, 3.8) is 0 Å². The summed E-state index contributed by atoms with van der Waals surface area (Å²) in [6.45, 7) is 4.42. The van der Waals surface area contributed by atoms with Gasteiger partial charge in [0.1, 0.15) is 4.88 Å². The van der Waals surface area contributed by atoms with E-state index >= 15 is 0 Å². The molecule has 0 bridgehead atoms. The first-order valence-corrected chi connectivity index (χ1v) is 5.49. The van der Waals surface area contributed by atoms with Gasteiger partial charge >= 0.3 is 0 Å². The van der Waals surface area contributed by atoms with Crippen LogP contribution < -0.4 is 5.73 Å². The van der Waals surface area contributed by atoms with Crippen LogP contribution in [-0.4, -0.2) is 21.7 Å². The van der Waals surface area contributed by atoms with E-state index in [0.29, 0.717) is 18.3 Å². The smallest absolute Gasteiger partial charge is 0.269 e. The second-order valence-corrected chi connectivity index (χ2v) is 4.57. The fourth-order valence-electron chi connectivity index (χ4n) is 1.10. The van der Waals surface area contributed by atoms with Crippen LogP contribution in [0.4, 0.5) is 0 Å². The molecule has 0 saturated heterocycles. The van der Waals surface area contributed by atoms with Gasteiger partial charge in [-0.15, -0.1) is 11.3 Å². The van der Waals surface area contributed by atoms with Crippen LogP contribution >= 0.6 is 11.3 Å². The number of nitrogens with zero attached hydrogens (tertiary/aromatic N) is 3. The van der Waals surface area contributed by atoms with Gasteiger partial charge in [0.15, 0.2) is 5.82 Å². The summed E-state index contributed by atoms with van der Waals surface area (Å²) in [4.78, 5) is 9.31. The van der Waals surface area contributed by atoms with Gasteiger partial charge in [0.2, 0.25) is 0 Å². The third-order valence-electron chi connectivity index (χ3n) is 2.07. The summed E-state index contributed by atoms with van der Waals surface area (Å²) in [5.74, 6) is 1.30. The molecule has 6 heteroatoms. The van der Waals surface area contributed by atoms with Crippen molar-refractivity contribution in [1.82, 2.24) is 15.1 Å². The summed E-state index contributed by atoms with van der Waals surface area (Å²) < 4.78 is 5.14. The van der Waals surface area contributed by atoms with E-state index in [9.17, 15) is 0 Å². The van der Waals surface area contributed by atoms with Gasteiger partial charge in [-0.1, -0.05) is 12.1 Å². The Bertz CT molecular complexity index is 450. The molecule has 2 rings (SSSR count). The Balaban J connectivity index is 2.27. The highest BCUT2D eigenvalue weighted by atomic mass is 32.1. The molecule has 1 atom stereocenters. The molecule has 0 radical (unpaired) electrons. The third kappa shape index (κ3) is 2.05. The van der Waals surface area contributed by atoms with Gasteiger partial charge in [-0.2, -0.15) is 4.98 Å². The predicted octanol–water partition coefficient (Wildman–Crippen LogP) is 1.56. The van der Waals surface area contributed by atoms with E-state index in [1.807, 2.05) is 13.8 Å². The van der Waals surface area contributed by atoms with Crippen molar-refractivity contribution in [3.05, 3.63) is 17.0 Å². The lowest BCUT2D eigenvalue weighted by atomic mass is 10.2. The SMILES string of the molecule is Cc1ncc(-c2nc(C(C)CN)no2)s1. The van der Waals surface area contributed by atoms with Gasteiger partial charge in [-0.05, 0) is 6.92 Å². The molecule has 0 aromatic carbocycles. The molecular formula is C9H12N4OS. The molecule has 0 aliphatic heterocycles. The number of nitrogens with two attached hydrogens (primary N) is 1. The van der Waals surface area contributed by atoms with Crippen molar-refractivity contribution in [2.75, 3.05) is 6.54 Å². The number of aromatic nitrogens is 3. The molecule has 2 heterocycles. The molecule has 0 saturated carbocycles.